The Balaban J connectivity index is 1.97. The molecule has 1 fully saturated rings. The van der Waals surface area contributed by atoms with Crippen LogP contribution in [0.3, 0.4) is 0 Å². The van der Waals surface area contributed by atoms with Gasteiger partial charge in [-0.3, -0.25) is 0 Å². The summed E-state index contributed by atoms with van der Waals surface area (Å²) in [6.07, 6.45) is 5.86. The average molecular weight is 272 g/mol. The van der Waals surface area contributed by atoms with Crippen molar-refractivity contribution in [3.63, 3.8) is 0 Å². The lowest BCUT2D eigenvalue weighted by molar-refractivity contribution is 0.638. The van der Waals surface area contributed by atoms with E-state index < -0.39 is 0 Å². The van der Waals surface area contributed by atoms with E-state index in [2.05, 4.69) is 53.8 Å². The van der Waals surface area contributed by atoms with Crippen LogP contribution in [0.25, 0.3) is 5.65 Å². The molecule has 1 atom stereocenters. The first-order chi connectivity index (χ1) is 9.70. The molecular weight excluding hydrogens is 248 g/mol. The van der Waals surface area contributed by atoms with Crippen molar-refractivity contribution in [2.45, 2.75) is 51.7 Å². The number of anilines is 1. The number of fused-ring (bicyclic) bond motifs is 1. The first-order valence-electron chi connectivity index (χ1n) is 7.63. The second-order valence-corrected chi connectivity index (χ2v) is 5.83. The average Bonchev–Trinajstić information content (AvgIpc) is 3.23. The van der Waals surface area contributed by atoms with E-state index in [0.29, 0.717) is 12.1 Å². The van der Waals surface area contributed by atoms with Crippen LogP contribution in [0.4, 0.5) is 5.82 Å². The second-order valence-electron chi connectivity index (χ2n) is 5.83. The van der Waals surface area contributed by atoms with Gasteiger partial charge in [-0.25, -0.2) is 4.98 Å². The SMILES string of the molecule is CCC(C)N(C)c1nc2ccccn2c1CNC1CC1. The standard InChI is InChI=1S/C16H24N4/c1-4-12(2)19(3)16-14(11-17-13-8-9-13)20-10-6-5-7-15(20)18-16/h5-7,10,12-13,17H,4,8-9,11H2,1-3H3. The van der Waals surface area contributed by atoms with E-state index in [1.165, 1.54) is 18.5 Å². The normalized spacial score (nSPS) is 16.6. The maximum atomic E-state index is 4.83. The zero-order valence-electron chi connectivity index (χ0n) is 12.6. The molecule has 1 N–H and O–H groups in total. The fraction of sp³-hybridized carbons (Fsp3) is 0.562. The summed E-state index contributed by atoms with van der Waals surface area (Å²) in [5.74, 6) is 1.11. The molecule has 0 spiro atoms. The molecule has 0 amide bonds. The van der Waals surface area contributed by atoms with Crippen LogP contribution in [0.1, 0.15) is 38.8 Å². The smallest absolute Gasteiger partial charge is 0.152 e. The molecule has 4 nitrogen and oxygen atoms in total. The lowest BCUT2D eigenvalue weighted by Gasteiger charge is -2.25. The number of nitrogens with zero attached hydrogens (tertiary/aromatic N) is 3. The molecule has 108 valence electrons. The van der Waals surface area contributed by atoms with E-state index in [4.69, 9.17) is 4.98 Å². The summed E-state index contributed by atoms with van der Waals surface area (Å²) in [6, 6.07) is 7.41. The van der Waals surface area contributed by atoms with Crippen molar-refractivity contribution in [3.05, 3.63) is 30.1 Å². The summed E-state index contributed by atoms with van der Waals surface area (Å²) in [7, 11) is 2.15. The quantitative estimate of drug-likeness (QED) is 0.877. The Bertz CT molecular complexity index is 585. The Morgan fingerprint density at radius 3 is 2.95 bits per heavy atom. The van der Waals surface area contributed by atoms with Crippen molar-refractivity contribution < 1.29 is 0 Å². The molecule has 0 aliphatic heterocycles. The molecule has 2 aromatic rings. The highest BCUT2D eigenvalue weighted by atomic mass is 15.2. The third-order valence-corrected chi connectivity index (χ3v) is 4.33. The molecule has 4 heteroatoms. The number of imidazole rings is 1. The molecule has 2 heterocycles. The van der Waals surface area contributed by atoms with E-state index in [0.717, 1.165) is 24.4 Å². The number of hydrogen-bond donors (Lipinski definition) is 1. The molecule has 20 heavy (non-hydrogen) atoms. The third-order valence-electron chi connectivity index (χ3n) is 4.33. The molecule has 1 saturated carbocycles. The number of rotatable bonds is 6. The van der Waals surface area contributed by atoms with Crippen LogP contribution in [0.15, 0.2) is 24.4 Å². The van der Waals surface area contributed by atoms with Gasteiger partial charge in [-0.2, -0.15) is 0 Å². The summed E-state index contributed by atoms with van der Waals surface area (Å²) in [6.45, 7) is 5.37. The number of nitrogens with one attached hydrogen (secondary N) is 1. The van der Waals surface area contributed by atoms with Gasteiger partial charge < -0.3 is 14.6 Å². The summed E-state index contributed by atoms with van der Waals surface area (Å²) in [4.78, 5) is 7.13. The molecule has 0 aromatic carbocycles. The van der Waals surface area contributed by atoms with Gasteiger partial charge in [-0.1, -0.05) is 13.0 Å². The number of pyridine rings is 1. The van der Waals surface area contributed by atoms with Gasteiger partial charge in [-0.15, -0.1) is 0 Å². The summed E-state index contributed by atoms with van der Waals surface area (Å²) >= 11 is 0. The van der Waals surface area contributed by atoms with Crippen LogP contribution < -0.4 is 10.2 Å². The van der Waals surface area contributed by atoms with Crippen molar-refractivity contribution in [1.82, 2.24) is 14.7 Å². The van der Waals surface area contributed by atoms with Gasteiger partial charge in [0, 0.05) is 31.9 Å². The van der Waals surface area contributed by atoms with Gasteiger partial charge in [0.05, 0.1) is 5.69 Å². The van der Waals surface area contributed by atoms with Crippen LogP contribution >= 0.6 is 0 Å². The summed E-state index contributed by atoms with van der Waals surface area (Å²) in [5, 5.41) is 3.62. The zero-order valence-corrected chi connectivity index (χ0v) is 12.6. The highest BCUT2D eigenvalue weighted by molar-refractivity contribution is 5.56. The van der Waals surface area contributed by atoms with Crippen LogP contribution in [-0.2, 0) is 6.54 Å². The largest absolute Gasteiger partial charge is 0.355 e. The van der Waals surface area contributed by atoms with Crippen LogP contribution in [0, 0.1) is 0 Å². The minimum atomic E-state index is 0.500. The predicted molar refractivity (Wildman–Crippen MR) is 83.2 cm³/mol. The van der Waals surface area contributed by atoms with Crippen molar-refractivity contribution in [2.24, 2.45) is 0 Å². The predicted octanol–water partition coefficient (Wildman–Crippen LogP) is 2.82. The molecule has 1 aliphatic carbocycles. The van der Waals surface area contributed by atoms with Crippen molar-refractivity contribution >= 4 is 11.5 Å². The molecule has 3 rings (SSSR count). The van der Waals surface area contributed by atoms with Crippen molar-refractivity contribution in [1.29, 1.82) is 0 Å². The number of aromatic nitrogens is 2. The monoisotopic (exact) mass is 272 g/mol. The zero-order chi connectivity index (χ0) is 14.1. The Morgan fingerprint density at radius 1 is 1.45 bits per heavy atom. The highest BCUT2D eigenvalue weighted by Gasteiger charge is 2.23. The topological polar surface area (TPSA) is 32.6 Å². The lowest BCUT2D eigenvalue weighted by atomic mass is 10.2. The van der Waals surface area contributed by atoms with Gasteiger partial charge in [-0.05, 0) is 38.3 Å². The third kappa shape index (κ3) is 2.52. The van der Waals surface area contributed by atoms with Crippen LogP contribution in [-0.4, -0.2) is 28.5 Å². The minimum Gasteiger partial charge on any atom is -0.355 e. The van der Waals surface area contributed by atoms with Crippen LogP contribution in [0.5, 0.6) is 0 Å². The molecule has 1 unspecified atom stereocenters. The summed E-state index contributed by atoms with van der Waals surface area (Å²) < 4.78 is 2.21. The van der Waals surface area contributed by atoms with E-state index in [9.17, 15) is 0 Å². The first kappa shape index (κ1) is 13.4. The van der Waals surface area contributed by atoms with Crippen molar-refractivity contribution in [3.8, 4) is 0 Å². The van der Waals surface area contributed by atoms with E-state index in [-0.39, 0.29) is 0 Å². The van der Waals surface area contributed by atoms with E-state index >= 15 is 0 Å². The maximum Gasteiger partial charge on any atom is 0.152 e. The minimum absolute atomic E-state index is 0.500. The molecule has 0 bridgehead atoms. The first-order valence-corrected chi connectivity index (χ1v) is 7.63. The molecule has 2 aromatic heterocycles. The molecule has 0 saturated heterocycles. The van der Waals surface area contributed by atoms with Gasteiger partial charge in [0.25, 0.3) is 0 Å². The Kier molecular flexibility index (Phi) is 3.66. The second kappa shape index (κ2) is 5.44. The molecule has 0 radical (unpaired) electrons. The lowest BCUT2D eigenvalue weighted by Crippen LogP contribution is -2.30. The van der Waals surface area contributed by atoms with Gasteiger partial charge in [0.15, 0.2) is 5.82 Å². The summed E-state index contributed by atoms with van der Waals surface area (Å²) in [5.41, 5.74) is 2.31. The van der Waals surface area contributed by atoms with Gasteiger partial charge in [0.1, 0.15) is 5.65 Å². The molecular formula is C16H24N4. The Morgan fingerprint density at radius 2 is 2.25 bits per heavy atom. The Hall–Kier alpha value is -1.55. The number of hydrogen-bond acceptors (Lipinski definition) is 3. The van der Waals surface area contributed by atoms with E-state index in [1.54, 1.807) is 0 Å². The van der Waals surface area contributed by atoms with Gasteiger partial charge in [0.2, 0.25) is 0 Å². The fourth-order valence-corrected chi connectivity index (χ4v) is 2.49. The highest BCUT2D eigenvalue weighted by Crippen LogP contribution is 2.25. The Labute approximate surface area is 120 Å². The molecule has 1 aliphatic rings. The van der Waals surface area contributed by atoms with E-state index in [1.807, 2.05) is 6.07 Å². The van der Waals surface area contributed by atoms with Gasteiger partial charge >= 0.3 is 0 Å². The van der Waals surface area contributed by atoms with Crippen LogP contribution in [0.2, 0.25) is 0 Å². The fourth-order valence-electron chi connectivity index (χ4n) is 2.49. The van der Waals surface area contributed by atoms with Crippen molar-refractivity contribution in [2.75, 3.05) is 11.9 Å². The maximum absolute atomic E-state index is 4.83.